The van der Waals surface area contributed by atoms with E-state index in [2.05, 4.69) is 25.4 Å². The van der Waals surface area contributed by atoms with E-state index in [0.717, 1.165) is 33.9 Å². The van der Waals surface area contributed by atoms with Gasteiger partial charge in [-0.1, -0.05) is 17.3 Å². The number of H-pyrrole nitrogens is 1. The molecule has 0 spiro atoms. The van der Waals surface area contributed by atoms with E-state index >= 15 is 0 Å². The molecule has 7 nitrogen and oxygen atoms in total. The predicted molar refractivity (Wildman–Crippen MR) is 100 cm³/mol. The van der Waals surface area contributed by atoms with Crippen molar-refractivity contribution < 1.29 is 9.13 Å². The fourth-order valence-corrected chi connectivity index (χ4v) is 3.54. The molecule has 0 unspecified atom stereocenters. The van der Waals surface area contributed by atoms with Gasteiger partial charge in [-0.05, 0) is 25.1 Å². The first kappa shape index (κ1) is 16.6. The minimum atomic E-state index is -0.310. The van der Waals surface area contributed by atoms with E-state index in [-0.39, 0.29) is 11.7 Å². The van der Waals surface area contributed by atoms with Crippen molar-refractivity contribution in [3.8, 4) is 28.4 Å². The maximum absolute atomic E-state index is 13.8. The summed E-state index contributed by atoms with van der Waals surface area (Å²) in [6.45, 7) is 3.04. The summed E-state index contributed by atoms with van der Waals surface area (Å²) in [5, 5.41) is 10.8. The lowest BCUT2D eigenvalue weighted by atomic mass is 10.0. The maximum atomic E-state index is 13.8. The first-order valence-electron chi connectivity index (χ1n) is 8.96. The minimum absolute atomic E-state index is 0.0878. The van der Waals surface area contributed by atoms with Crippen molar-refractivity contribution in [3.63, 3.8) is 0 Å². The molecule has 0 bridgehead atoms. The molecule has 1 aliphatic heterocycles. The van der Waals surface area contributed by atoms with Gasteiger partial charge in [0.2, 0.25) is 0 Å². The molecule has 1 aromatic carbocycles. The second-order valence-electron chi connectivity index (χ2n) is 6.84. The van der Waals surface area contributed by atoms with Crippen LogP contribution in [0.4, 0.5) is 4.39 Å². The summed E-state index contributed by atoms with van der Waals surface area (Å²) in [5.74, 6) is 0.144. The molecule has 1 aliphatic rings. The zero-order valence-corrected chi connectivity index (χ0v) is 15.1. The SMILES string of the molecule is Cc1[nH]nnc1-c1ccnc(-c2cn(C[C@@H]3COc4c(F)cccc43)cn2)c1. The number of aromatic nitrogens is 6. The molecule has 1 atom stereocenters. The largest absolute Gasteiger partial charge is 0.489 e. The molecule has 140 valence electrons. The molecule has 8 heteroatoms. The van der Waals surface area contributed by atoms with E-state index in [1.54, 1.807) is 18.6 Å². The zero-order valence-electron chi connectivity index (χ0n) is 15.1. The molecule has 3 aromatic heterocycles. The Labute approximate surface area is 160 Å². The van der Waals surface area contributed by atoms with Crippen LogP contribution >= 0.6 is 0 Å². The normalized spacial score (nSPS) is 15.4. The highest BCUT2D eigenvalue weighted by Gasteiger charge is 2.27. The van der Waals surface area contributed by atoms with Crippen LogP contribution in [0.2, 0.25) is 0 Å². The molecule has 0 amide bonds. The highest BCUT2D eigenvalue weighted by molar-refractivity contribution is 5.67. The topological polar surface area (TPSA) is 81.5 Å². The average molecular weight is 376 g/mol. The predicted octanol–water partition coefficient (Wildman–Crippen LogP) is 3.35. The fraction of sp³-hybridized carbons (Fsp3) is 0.200. The Morgan fingerprint density at radius 1 is 1.25 bits per heavy atom. The Kier molecular flexibility index (Phi) is 3.89. The van der Waals surface area contributed by atoms with E-state index in [0.29, 0.717) is 18.9 Å². The third-order valence-electron chi connectivity index (χ3n) is 4.95. The Hall–Kier alpha value is -3.55. The first-order chi connectivity index (χ1) is 13.7. The molecule has 28 heavy (non-hydrogen) atoms. The Morgan fingerprint density at radius 2 is 2.18 bits per heavy atom. The van der Waals surface area contributed by atoms with Crippen LogP contribution in [0.5, 0.6) is 5.75 Å². The number of hydrogen-bond acceptors (Lipinski definition) is 5. The Bertz CT molecular complexity index is 1150. The minimum Gasteiger partial charge on any atom is -0.489 e. The van der Waals surface area contributed by atoms with Gasteiger partial charge in [0.15, 0.2) is 11.6 Å². The number of aromatic amines is 1. The molecule has 0 fully saturated rings. The Morgan fingerprint density at radius 3 is 3.04 bits per heavy atom. The number of pyridine rings is 1. The van der Waals surface area contributed by atoms with Gasteiger partial charge in [-0.2, -0.15) is 0 Å². The number of aryl methyl sites for hydroxylation is 1. The summed E-state index contributed by atoms with van der Waals surface area (Å²) >= 11 is 0. The van der Waals surface area contributed by atoms with Gasteiger partial charge in [-0.25, -0.2) is 9.37 Å². The highest BCUT2D eigenvalue weighted by atomic mass is 19.1. The van der Waals surface area contributed by atoms with E-state index in [4.69, 9.17) is 4.74 Å². The van der Waals surface area contributed by atoms with Crippen molar-refractivity contribution in [1.29, 1.82) is 0 Å². The zero-order chi connectivity index (χ0) is 19.1. The number of fused-ring (bicyclic) bond motifs is 1. The second-order valence-corrected chi connectivity index (χ2v) is 6.84. The smallest absolute Gasteiger partial charge is 0.165 e. The maximum Gasteiger partial charge on any atom is 0.165 e. The third kappa shape index (κ3) is 2.83. The van der Waals surface area contributed by atoms with Gasteiger partial charge in [0.1, 0.15) is 11.4 Å². The van der Waals surface area contributed by atoms with Gasteiger partial charge in [0.25, 0.3) is 0 Å². The molecule has 0 saturated heterocycles. The van der Waals surface area contributed by atoms with Crippen LogP contribution in [-0.2, 0) is 6.54 Å². The summed E-state index contributed by atoms with van der Waals surface area (Å²) in [5.41, 5.74) is 5.05. The number of rotatable bonds is 4. The molecule has 0 saturated carbocycles. The molecular formula is C20H17FN6O. The molecule has 4 heterocycles. The molecule has 4 aromatic rings. The van der Waals surface area contributed by atoms with Crippen LogP contribution in [0.1, 0.15) is 17.2 Å². The average Bonchev–Trinajstić information content (AvgIpc) is 3.43. The number of nitrogens with zero attached hydrogens (tertiary/aromatic N) is 5. The summed E-state index contributed by atoms with van der Waals surface area (Å²) in [7, 11) is 0. The lowest BCUT2D eigenvalue weighted by molar-refractivity contribution is 0.307. The quantitative estimate of drug-likeness (QED) is 0.591. The van der Waals surface area contributed by atoms with Gasteiger partial charge >= 0.3 is 0 Å². The number of benzene rings is 1. The summed E-state index contributed by atoms with van der Waals surface area (Å²) in [6.07, 6.45) is 5.45. The lowest BCUT2D eigenvalue weighted by Gasteiger charge is -2.09. The molecule has 0 radical (unpaired) electrons. The van der Waals surface area contributed by atoms with Gasteiger partial charge in [-0.3, -0.25) is 10.1 Å². The van der Waals surface area contributed by atoms with Gasteiger partial charge in [0, 0.05) is 36.0 Å². The number of hydrogen-bond donors (Lipinski definition) is 1. The van der Waals surface area contributed by atoms with E-state index in [9.17, 15) is 4.39 Å². The summed E-state index contributed by atoms with van der Waals surface area (Å²) in [4.78, 5) is 8.92. The summed E-state index contributed by atoms with van der Waals surface area (Å²) < 4.78 is 21.4. The molecule has 5 rings (SSSR count). The number of para-hydroxylation sites is 1. The van der Waals surface area contributed by atoms with Crippen LogP contribution in [0.15, 0.2) is 49.1 Å². The van der Waals surface area contributed by atoms with Gasteiger partial charge in [-0.15, -0.1) is 5.10 Å². The van der Waals surface area contributed by atoms with E-state index in [1.165, 1.54) is 6.07 Å². The Balaban J connectivity index is 1.39. The molecular weight excluding hydrogens is 359 g/mol. The monoisotopic (exact) mass is 376 g/mol. The van der Waals surface area contributed by atoms with Crippen molar-refractivity contribution in [2.75, 3.05) is 6.61 Å². The van der Waals surface area contributed by atoms with Crippen LogP contribution in [0.3, 0.4) is 0 Å². The number of nitrogens with one attached hydrogen (secondary N) is 1. The standard InChI is InChI=1S/C20H17FN6O/c1-12-19(25-26-24-12)13-5-6-22-17(7-13)18-9-27(11-23-18)8-14-10-28-20-15(14)3-2-4-16(20)21/h2-7,9,11,14H,8,10H2,1H3,(H,24,25,26)/t14-/m1/s1. The van der Waals surface area contributed by atoms with Crippen LogP contribution in [0, 0.1) is 12.7 Å². The fourth-order valence-electron chi connectivity index (χ4n) is 3.54. The number of halogens is 1. The lowest BCUT2D eigenvalue weighted by Crippen LogP contribution is -2.09. The van der Waals surface area contributed by atoms with Crippen molar-refractivity contribution in [2.45, 2.75) is 19.4 Å². The molecule has 1 N–H and O–H groups in total. The number of ether oxygens (including phenoxy) is 1. The first-order valence-corrected chi connectivity index (χ1v) is 8.96. The van der Waals surface area contributed by atoms with Gasteiger partial charge < -0.3 is 9.30 Å². The molecule has 0 aliphatic carbocycles. The second kappa shape index (κ2) is 6.56. The van der Waals surface area contributed by atoms with Crippen molar-refractivity contribution in [1.82, 2.24) is 29.9 Å². The van der Waals surface area contributed by atoms with Crippen molar-refractivity contribution in [2.24, 2.45) is 0 Å². The summed E-state index contributed by atoms with van der Waals surface area (Å²) in [6, 6.07) is 8.90. The van der Waals surface area contributed by atoms with E-state index in [1.807, 2.05) is 35.9 Å². The van der Waals surface area contributed by atoms with Gasteiger partial charge in [0.05, 0.1) is 24.3 Å². The van der Waals surface area contributed by atoms with E-state index < -0.39 is 0 Å². The highest BCUT2D eigenvalue weighted by Crippen LogP contribution is 2.36. The number of imidazole rings is 1. The third-order valence-corrected chi connectivity index (χ3v) is 4.95. The van der Waals surface area contributed by atoms with Crippen LogP contribution in [0.25, 0.3) is 22.6 Å². The van der Waals surface area contributed by atoms with Crippen LogP contribution in [-0.4, -0.2) is 36.6 Å². The van der Waals surface area contributed by atoms with Crippen molar-refractivity contribution >= 4 is 0 Å². The van der Waals surface area contributed by atoms with Crippen LogP contribution < -0.4 is 4.74 Å². The van der Waals surface area contributed by atoms with Crippen molar-refractivity contribution in [3.05, 3.63) is 66.1 Å².